The first-order valence-electron chi connectivity index (χ1n) is 5.75. The first-order valence-corrected chi connectivity index (χ1v) is 5.75. The molecular formula is C11H22N2O2. The molecule has 15 heavy (non-hydrogen) atoms. The van der Waals surface area contributed by atoms with E-state index >= 15 is 0 Å². The second kappa shape index (κ2) is 5.95. The van der Waals surface area contributed by atoms with E-state index < -0.39 is 0 Å². The number of urea groups is 1. The number of hydrogen-bond acceptors (Lipinski definition) is 2. The summed E-state index contributed by atoms with van der Waals surface area (Å²) in [6.45, 7) is 5.71. The number of hydrogen-bond donors (Lipinski definition) is 1. The van der Waals surface area contributed by atoms with Gasteiger partial charge in [0.05, 0.1) is 6.10 Å². The average Bonchev–Trinajstić information content (AvgIpc) is 2.29. The van der Waals surface area contributed by atoms with Gasteiger partial charge in [-0.15, -0.1) is 0 Å². The molecule has 1 rings (SSSR count). The van der Waals surface area contributed by atoms with Crippen molar-refractivity contribution >= 4 is 6.03 Å². The number of nitrogens with one attached hydrogen (secondary N) is 1. The van der Waals surface area contributed by atoms with Gasteiger partial charge >= 0.3 is 6.03 Å². The predicted molar refractivity (Wildman–Crippen MR) is 59.9 cm³/mol. The van der Waals surface area contributed by atoms with Crippen LogP contribution in [0.2, 0.25) is 0 Å². The highest BCUT2D eigenvalue weighted by atomic mass is 16.5. The molecule has 1 atom stereocenters. The van der Waals surface area contributed by atoms with E-state index in [-0.39, 0.29) is 12.1 Å². The Balaban J connectivity index is 2.30. The highest BCUT2D eigenvalue weighted by molar-refractivity contribution is 5.74. The van der Waals surface area contributed by atoms with Crippen molar-refractivity contribution in [1.29, 1.82) is 0 Å². The fourth-order valence-corrected chi connectivity index (χ4v) is 1.70. The van der Waals surface area contributed by atoms with Crippen LogP contribution < -0.4 is 5.32 Å². The highest BCUT2D eigenvalue weighted by Gasteiger charge is 2.22. The Bertz CT molecular complexity index is 201. The summed E-state index contributed by atoms with van der Waals surface area (Å²) in [5, 5.41) is 2.98. The standard InChI is InChI=1S/C11H22N2O2/c1-4-9(2)12-11(14)13-7-5-10(15-3)6-8-13/h9-10H,4-8H2,1-3H3,(H,12,14). The molecule has 1 saturated heterocycles. The molecule has 0 aromatic rings. The van der Waals surface area contributed by atoms with Gasteiger partial charge in [0.15, 0.2) is 0 Å². The summed E-state index contributed by atoms with van der Waals surface area (Å²) in [6, 6.07) is 0.330. The molecule has 0 aromatic heterocycles. The Morgan fingerprint density at radius 2 is 2.13 bits per heavy atom. The fraction of sp³-hybridized carbons (Fsp3) is 0.909. The normalized spacial score (nSPS) is 20.1. The van der Waals surface area contributed by atoms with Crippen molar-refractivity contribution in [3.63, 3.8) is 0 Å². The van der Waals surface area contributed by atoms with E-state index in [0.29, 0.717) is 6.10 Å². The smallest absolute Gasteiger partial charge is 0.317 e. The van der Waals surface area contributed by atoms with Crippen LogP contribution in [0.25, 0.3) is 0 Å². The minimum atomic E-state index is 0.0684. The zero-order valence-electron chi connectivity index (χ0n) is 9.95. The topological polar surface area (TPSA) is 41.6 Å². The van der Waals surface area contributed by atoms with E-state index in [0.717, 1.165) is 32.4 Å². The third-order valence-electron chi connectivity index (χ3n) is 3.04. The van der Waals surface area contributed by atoms with Gasteiger partial charge in [-0.2, -0.15) is 0 Å². The number of rotatable bonds is 3. The molecule has 4 nitrogen and oxygen atoms in total. The molecular weight excluding hydrogens is 192 g/mol. The second-order valence-corrected chi connectivity index (χ2v) is 4.18. The van der Waals surface area contributed by atoms with Crippen LogP contribution in [0.4, 0.5) is 4.79 Å². The van der Waals surface area contributed by atoms with E-state index in [4.69, 9.17) is 4.74 Å². The summed E-state index contributed by atoms with van der Waals surface area (Å²) in [7, 11) is 1.74. The quantitative estimate of drug-likeness (QED) is 0.775. The van der Waals surface area contributed by atoms with Crippen LogP contribution in [0, 0.1) is 0 Å². The van der Waals surface area contributed by atoms with Crippen molar-refractivity contribution < 1.29 is 9.53 Å². The van der Waals surface area contributed by atoms with Crippen molar-refractivity contribution in [3.8, 4) is 0 Å². The van der Waals surface area contributed by atoms with Crippen LogP contribution in [0.1, 0.15) is 33.1 Å². The number of carbonyl (C=O) groups excluding carboxylic acids is 1. The van der Waals surface area contributed by atoms with Gasteiger partial charge in [-0.25, -0.2) is 4.79 Å². The molecule has 2 amide bonds. The van der Waals surface area contributed by atoms with E-state index in [9.17, 15) is 4.79 Å². The van der Waals surface area contributed by atoms with E-state index in [1.807, 2.05) is 11.8 Å². The number of likely N-dealkylation sites (tertiary alicyclic amines) is 1. The lowest BCUT2D eigenvalue weighted by Crippen LogP contribution is -2.48. The van der Waals surface area contributed by atoms with Gasteiger partial charge in [-0.05, 0) is 26.2 Å². The van der Waals surface area contributed by atoms with Crippen LogP contribution in [0.5, 0.6) is 0 Å². The molecule has 0 aromatic carbocycles. The maximum Gasteiger partial charge on any atom is 0.317 e. The Morgan fingerprint density at radius 3 is 2.60 bits per heavy atom. The van der Waals surface area contributed by atoms with Crippen molar-refractivity contribution in [2.45, 2.75) is 45.3 Å². The zero-order valence-corrected chi connectivity index (χ0v) is 9.95. The maximum atomic E-state index is 11.7. The van der Waals surface area contributed by atoms with Gasteiger partial charge in [0.2, 0.25) is 0 Å². The molecule has 1 aliphatic rings. The highest BCUT2D eigenvalue weighted by Crippen LogP contribution is 2.12. The van der Waals surface area contributed by atoms with Crippen molar-refractivity contribution in [3.05, 3.63) is 0 Å². The summed E-state index contributed by atoms with van der Waals surface area (Å²) in [5.41, 5.74) is 0. The van der Waals surface area contributed by atoms with Gasteiger partial charge in [0, 0.05) is 26.2 Å². The molecule has 4 heteroatoms. The summed E-state index contributed by atoms with van der Waals surface area (Å²) < 4.78 is 5.26. The molecule has 88 valence electrons. The molecule has 0 aliphatic carbocycles. The number of ether oxygens (including phenoxy) is 1. The largest absolute Gasteiger partial charge is 0.381 e. The summed E-state index contributed by atoms with van der Waals surface area (Å²) in [4.78, 5) is 13.6. The fourth-order valence-electron chi connectivity index (χ4n) is 1.70. The number of carbonyl (C=O) groups is 1. The van der Waals surface area contributed by atoms with E-state index in [1.165, 1.54) is 0 Å². The lowest BCUT2D eigenvalue weighted by Gasteiger charge is -2.32. The Morgan fingerprint density at radius 1 is 1.53 bits per heavy atom. The predicted octanol–water partition coefficient (Wildman–Crippen LogP) is 1.61. The zero-order chi connectivity index (χ0) is 11.3. The second-order valence-electron chi connectivity index (χ2n) is 4.18. The molecule has 0 saturated carbocycles. The van der Waals surface area contributed by atoms with Gasteiger partial charge < -0.3 is 15.0 Å². The molecule has 0 bridgehead atoms. The van der Waals surface area contributed by atoms with Crippen LogP contribution >= 0.6 is 0 Å². The Hall–Kier alpha value is -0.770. The first-order chi connectivity index (χ1) is 7.17. The summed E-state index contributed by atoms with van der Waals surface area (Å²) in [6.07, 6.45) is 3.20. The molecule has 1 unspecified atom stereocenters. The van der Waals surface area contributed by atoms with Crippen LogP contribution in [-0.4, -0.2) is 43.3 Å². The molecule has 1 fully saturated rings. The number of amides is 2. The van der Waals surface area contributed by atoms with Gasteiger partial charge in [0.1, 0.15) is 0 Å². The Labute approximate surface area is 92.0 Å². The van der Waals surface area contributed by atoms with E-state index in [1.54, 1.807) is 7.11 Å². The number of methoxy groups -OCH3 is 1. The molecule has 0 spiro atoms. The molecule has 0 radical (unpaired) electrons. The molecule has 1 heterocycles. The SMILES string of the molecule is CCC(C)NC(=O)N1CCC(OC)CC1. The van der Waals surface area contributed by atoms with Gasteiger partial charge in [-0.3, -0.25) is 0 Å². The van der Waals surface area contributed by atoms with E-state index in [2.05, 4.69) is 12.2 Å². The third-order valence-corrected chi connectivity index (χ3v) is 3.04. The summed E-state index contributed by atoms with van der Waals surface area (Å²) >= 11 is 0. The number of nitrogens with zero attached hydrogens (tertiary/aromatic N) is 1. The monoisotopic (exact) mass is 214 g/mol. The van der Waals surface area contributed by atoms with Crippen molar-refractivity contribution in [2.24, 2.45) is 0 Å². The summed E-state index contributed by atoms with van der Waals surface area (Å²) in [5.74, 6) is 0. The molecule has 1 N–H and O–H groups in total. The van der Waals surface area contributed by atoms with Gasteiger partial charge in [0.25, 0.3) is 0 Å². The van der Waals surface area contributed by atoms with Crippen LogP contribution in [0.15, 0.2) is 0 Å². The lowest BCUT2D eigenvalue weighted by molar-refractivity contribution is 0.0500. The first kappa shape index (κ1) is 12.3. The average molecular weight is 214 g/mol. The van der Waals surface area contributed by atoms with Crippen molar-refractivity contribution in [2.75, 3.05) is 20.2 Å². The van der Waals surface area contributed by atoms with Crippen LogP contribution in [-0.2, 0) is 4.74 Å². The van der Waals surface area contributed by atoms with Crippen LogP contribution in [0.3, 0.4) is 0 Å². The minimum absolute atomic E-state index is 0.0684. The third kappa shape index (κ3) is 3.70. The Kier molecular flexibility index (Phi) is 4.88. The maximum absolute atomic E-state index is 11.7. The van der Waals surface area contributed by atoms with Crippen molar-refractivity contribution in [1.82, 2.24) is 10.2 Å². The number of piperidine rings is 1. The van der Waals surface area contributed by atoms with Gasteiger partial charge in [-0.1, -0.05) is 6.92 Å². The molecule has 1 aliphatic heterocycles. The lowest BCUT2D eigenvalue weighted by atomic mass is 10.1. The minimum Gasteiger partial charge on any atom is -0.381 e.